The van der Waals surface area contributed by atoms with E-state index in [-0.39, 0.29) is 17.2 Å². The predicted molar refractivity (Wildman–Crippen MR) is 128 cm³/mol. The molecule has 2 aromatic heterocycles. The highest BCUT2D eigenvalue weighted by molar-refractivity contribution is 7.99. The number of thiophene rings is 1. The Morgan fingerprint density at radius 3 is 2.81 bits per heavy atom. The number of thioether (sulfide) groups is 1. The lowest BCUT2D eigenvalue weighted by Crippen LogP contribution is -2.48. The molecule has 3 heterocycles. The molecule has 0 spiro atoms. The van der Waals surface area contributed by atoms with E-state index in [0.717, 1.165) is 24.7 Å². The van der Waals surface area contributed by atoms with Gasteiger partial charge in [-0.25, -0.2) is 4.98 Å². The van der Waals surface area contributed by atoms with E-state index in [1.54, 1.807) is 16.7 Å². The second-order valence-electron chi connectivity index (χ2n) is 7.31. The van der Waals surface area contributed by atoms with Gasteiger partial charge >= 0.3 is 0 Å². The largest absolute Gasteiger partial charge is 0.339 e. The Hall–Kier alpha value is -2.13. The molecule has 0 unspecified atom stereocenters. The van der Waals surface area contributed by atoms with E-state index in [4.69, 9.17) is 11.6 Å². The van der Waals surface area contributed by atoms with Crippen LogP contribution >= 0.6 is 34.7 Å². The van der Waals surface area contributed by atoms with Crippen LogP contribution in [0.3, 0.4) is 0 Å². The highest BCUT2D eigenvalue weighted by Gasteiger charge is 2.22. The fourth-order valence-electron chi connectivity index (χ4n) is 3.60. The van der Waals surface area contributed by atoms with Gasteiger partial charge in [0.2, 0.25) is 5.91 Å². The molecule has 9 heteroatoms. The van der Waals surface area contributed by atoms with Gasteiger partial charge in [0, 0.05) is 44.3 Å². The summed E-state index contributed by atoms with van der Waals surface area (Å²) in [6.07, 6.45) is 1.67. The molecule has 4 rings (SSSR count). The summed E-state index contributed by atoms with van der Waals surface area (Å²) in [4.78, 5) is 35.0. The van der Waals surface area contributed by atoms with E-state index in [1.807, 2.05) is 28.5 Å². The van der Waals surface area contributed by atoms with Gasteiger partial charge in [-0.2, -0.15) is 0 Å². The lowest BCUT2D eigenvalue weighted by atomic mass is 10.2. The molecular weight excluding hydrogens is 452 g/mol. The highest BCUT2D eigenvalue weighted by atomic mass is 35.5. The molecule has 1 aromatic carbocycles. The third-order valence-electron chi connectivity index (χ3n) is 5.21. The molecule has 0 N–H and O–H groups in total. The Morgan fingerprint density at radius 2 is 2.06 bits per heavy atom. The van der Waals surface area contributed by atoms with Gasteiger partial charge < -0.3 is 4.90 Å². The number of carbonyl (C=O) groups excluding carboxylic acids is 1. The van der Waals surface area contributed by atoms with Gasteiger partial charge in [0.25, 0.3) is 5.56 Å². The normalized spacial score (nSPS) is 14.8. The molecule has 0 aliphatic carbocycles. The van der Waals surface area contributed by atoms with Gasteiger partial charge in [-0.15, -0.1) is 17.9 Å². The van der Waals surface area contributed by atoms with Crippen molar-refractivity contribution in [1.82, 2.24) is 19.4 Å². The van der Waals surface area contributed by atoms with Crippen LogP contribution in [0.1, 0.15) is 5.56 Å². The number of hydrogen-bond acceptors (Lipinski definition) is 6. The molecule has 0 radical (unpaired) electrons. The summed E-state index contributed by atoms with van der Waals surface area (Å²) in [5.74, 6) is 0.326. The molecule has 0 bridgehead atoms. The van der Waals surface area contributed by atoms with Crippen LogP contribution in [0.25, 0.3) is 10.2 Å². The first-order valence-corrected chi connectivity index (χ1v) is 12.3. The number of aromatic nitrogens is 2. The van der Waals surface area contributed by atoms with Crippen molar-refractivity contribution in [3.63, 3.8) is 0 Å². The van der Waals surface area contributed by atoms with Crippen LogP contribution in [-0.4, -0.2) is 57.2 Å². The minimum Gasteiger partial charge on any atom is -0.339 e. The Morgan fingerprint density at radius 1 is 1.26 bits per heavy atom. The number of halogens is 1. The standard InChI is InChI=1S/C22H23ClN4O2S2/c1-2-7-27-21(29)18-6-12-30-20(18)24-22(27)31-15-19(28)26-10-8-25(9-11-26)14-16-4-3-5-17(23)13-16/h2-6,12-13H,1,7-11,14-15H2. The van der Waals surface area contributed by atoms with Crippen LogP contribution < -0.4 is 5.56 Å². The number of nitrogens with zero attached hydrogens (tertiary/aromatic N) is 4. The van der Waals surface area contributed by atoms with E-state index in [1.165, 1.54) is 28.7 Å². The quantitative estimate of drug-likeness (QED) is 0.296. The monoisotopic (exact) mass is 474 g/mol. The fourth-order valence-corrected chi connectivity index (χ4v) is 5.53. The van der Waals surface area contributed by atoms with Gasteiger partial charge in [0.15, 0.2) is 5.16 Å². The second kappa shape index (κ2) is 9.99. The molecule has 3 aromatic rings. The maximum atomic E-state index is 12.8. The van der Waals surface area contributed by atoms with Crippen molar-refractivity contribution in [1.29, 1.82) is 0 Å². The first kappa shape index (κ1) is 22.1. The molecule has 0 atom stereocenters. The number of piperazine rings is 1. The minimum atomic E-state index is -0.0873. The van der Waals surface area contributed by atoms with Crippen molar-refractivity contribution >= 4 is 50.8 Å². The summed E-state index contributed by atoms with van der Waals surface area (Å²) in [7, 11) is 0. The molecule has 31 heavy (non-hydrogen) atoms. The lowest BCUT2D eigenvalue weighted by Gasteiger charge is -2.34. The van der Waals surface area contributed by atoms with Gasteiger partial charge in [0.05, 0.1) is 11.1 Å². The van der Waals surface area contributed by atoms with Gasteiger partial charge in [-0.3, -0.25) is 19.1 Å². The number of amides is 1. The number of benzene rings is 1. The van der Waals surface area contributed by atoms with E-state index >= 15 is 0 Å². The van der Waals surface area contributed by atoms with E-state index in [2.05, 4.69) is 22.5 Å². The van der Waals surface area contributed by atoms with Crippen molar-refractivity contribution in [2.24, 2.45) is 0 Å². The number of carbonyl (C=O) groups is 1. The Kier molecular flexibility index (Phi) is 7.12. The smallest absolute Gasteiger partial charge is 0.263 e. The number of rotatable bonds is 7. The Bertz CT molecular complexity index is 1150. The summed E-state index contributed by atoms with van der Waals surface area (Å²) >= 11 is 8.83. The average Bonchev–Trinajstić information content (AvgIpc) is 3.24. The first-order chi connectivity index (χ1) is 15.0. The molecule has 0 saturated carbocycles. The molecule has 162 valence electrons. The maximum Gasteiger partial charge on any atom is 0.263 e. The number of allylic oxidation sites excluding steroid dienone is 1. The summed E-state index contributed by atoms with van der Waals surface area (Å²) in [5.41, 5.74) is 1.09. The first-order valence-electron chi connectivity index (χ1n) is 10.0. The van der Waals surface area contributed by atoms with Crippen LogP contribution in [0.2, 0.25) is 5.02 Å². The van der Waals surface area contributed by atoms with Crippen molar-refractivity contribution in [2.45, 2.75) is 18.2 Å². The SMILES string of the molecule is C=CCn1c(SCC(=O)N2CCN(Cc3cccc(Cl)c3)CC2)nc2sccc2c1=O. The lowest BCUT2D eigenvalue weighted by molar-refractivity contribution is -0.130. The van der Waals surface area contributed by atoms with Crippen LogP contribution in [0.4, 0.5) is 0 Å². The summed E-state index contributed by atoms with van der Waals surface area (Å²) < 4.78 is 1.59. The fraction of sp³-hybridized carbons (Fsp3) is 0.318. The average molecular weight is 475 g/mol. The molecule has 1 fully saturated rings. The summed E-state index contributed by atoms with van der Waals surface area (Å²) in [6, 6.07) is 9.68. The van der Waals surface area contributed by atoms with Crippen molar-refractivity contribution in [2.75, 3.05) is 31.9 Å². The predicted octanol–water partition coefficient (Wildman–Crippen LogP) is 3.73. The minimum absolute atomic E-state index is 0.0677. The van der Waals surface area contributed by atoms with E-state index < -0.39 is 0 Å². The molecule has 6 nitrogen and oxygen atoms in total. The molecule has 1 amide bonds. The molecule has 1 saturated heterocycles. The summed E-state index contributed by atoms with van der Waals surface area (Å²) in [6.45, 7) is 7.96. The van der Waals surface area contributed by atoms with Crippen molar-refractivity contribution in [3.05, 3.63) is 69.3 Å². The summed E-state index contributed by atoms with van der Waals surface area (Å²) in [5, 5.41) is 3.78. The zero-order valence-corrected chi connectivity index (χ0v) is 19.4. The Labute approximate surface area is 194 Å². The zero-order chi connectivity index (χ0) is 21.8. The van der Waals surface area contributed by atoms with Crippen LogP contribution in [0.5, 0.6) is 0 Å². The van der Waals surface area contributed by atoms with E-state index in [9.17, 15) is 9.59 Å². The number of hydrogen-bond donors (Lipinski definition) is 0. The Balaban J connectivity index is 1.35. The third-order valence-corrected chi connectivity index (χ3v) is 7.21. The van der Waals surface area contributed by atoms with Gasteiger partial charge in [-0.1, -0.05) is 41.6 Å². The topological polar surface area (TPSA) is 58.4 Å². The third kappa shape index (κ3) is 5.20. The van der Waals surface area contributed by atoms with Crippen molar-refractivity contribution in [3.8, 4) is 0 Å². The molecule has 1 aliphatic rings. The van der Waals surface area contributed by atoms with Gasteiger partial charge in [0.1, 0.15) is 4.83 Å². The van der Waals surface area contributed by atoms with Crippen LogP contribution in [-0.2, 0) is 17.9 Å². The van der Waals surface area contributed by atoms with Crippen LogP contribution in [0, 0.1) is 0 Å². The van der Waals surface area contributed by atoms with Gasteiger partial charge in [-0.05, 0) is 29.1 Å². The maximum absolute atomic E-state index is 12.8. The van der Waals surface area contributed by atoms with Crippen molar-refractivity contribution < 1.29 is 4.79 Å². The second-order valence-corrected chi connectivity index (χ2v) is 9.59. The zero-order valence-electron chi connectivity index (χ0n) is 17.0. The molecular formula is C22H23ClN4O2S2. The van der Waals surface area contributed by atoms with E-state index in [0.29, 0.717) is 35.0 Å². The van der Waals surface area contributed by atoms with Crippen LogP contribution in [0.15, 0.2) is 58.3 Å². The highest BCUT2D eigenvalue weighted by Crippen LogP contribution is 2.22. The molecule has 1 aliphatic heterocycles. The number of fused-ring (bicyclic) bond motifs is 1.